The SMILES string of the molecule is CNc1ncc(C(=O)N2CCc3[nH]nc(-c4ccccc4OC)c3C2)cn1. The first-order chi connectivity index (χ1) is 13.2. The minimum atomic E-state index is -0.0875. The van der Waals surface area contributed by atoms with E-state index in [0.717, 1.165) is 34.7 Å². The Morgan fingerprint density at radius 1 is 1.26 bits per heavy atom. The molecule has 1 aliphatic heterocycles. The van der Waals surface area contributed by atoms with Gasteiger partial charge in [-0.25, -0.2) is 9.97 Å². The number of benzene rings is 1. The van der Waals surface area contributed by atoms with Crippen molar-refractivity contribution in [3.63, 3.8) is 0 Å². The summed E-state index contributed by atoms with van der Waals surface area (Å²) in [6.07, 6.45) is 3.82. The van der Waals surface area contributed by atoms with Crippen LogP contribution in [0.5, 0.6) is 5.75 Å². The molecule has 0 fully saturated rings. The van der Waals surface area contributed by atoms with E-state index >= 15 is 0 Å². The van der Waals surface area contributed by atoms with Crippen LogP contribution in [-0.2, 0) is 13.0 Å². The largest absolute Gasteiger partial charge is 0.496 e. The minimum Gasteiger partial charge on any atom is -0.496 e. The molecule has 0 radical (unpaired) electrons. The van der Waals surface area contributed by atoms with Gasteiger partial charge in [0, 0.05) is 55.8 Å². The fraction of sp³-hybridized carbons (Fsp3) is 0.263. The normalized spacial score (nSPS) is 13.2. The van der Waals surface area contributed by atoms with Crippen molar-refractivity contribution < 1.29 is 9.53 Å². The van der Waals surface area contributed by atoms with E-state index in [2.05, 4.69) is 25.5 Å². The maximum Gasteiger partial charge on any atom is 0.257 e. The molecule has 0 atom stereocenters. The lowest BCUT2D eigenvalue weighted by atomic mass is 10.00. The van der Waals surface area contributed by atoms with Crippen LogP contribution in [0.4, 0.5) is 5.95 Å². The van der Waals surface area contributed by atoms with Crippen molar-refractivity contribution in [2.45, 2.75) is 13.0 Å². The number of nitrogens with one attached hydrogen (secondary N) is 2. The van der Waals surface area contributed by atoms with Gasteiger partial charge in [0.15, 0.2) is 0 Å². The Kier molecular flexibility index (Phi) is 4.45. The summed E-state index contributed by atoms with van der Waals surface area (Å²) in [5.41, 5.74) is 4.28. The molecule has 1 aromatic carbocycles. The number of carbonyl (C=O) groups is 1. The number of nitrogens with zero attached hydrogens (tertiary/aromatic N) is 4. The molecule has 1 amide bonds. The molecule has 8 heteroatoms. The van der Waals surface area contributed by atoms with Gasteiger partial charge in [0.1, 0.15) is 11.4 Å². The molecule has 0 unspecified atom stereocenters. The van der Waals surface area contributed by atoms with Crippen LogP contribution in [0.1, 0.15) is 21.6 Å². The quantitative estimate of drug-likeness (QED) is 0.736. The summed E-state index contributed by atoms with van der Waals surface area (Å²) in [6.45, 7) is 1.10. The standard InChI is InChI=1S/C19H20N6O2/c1-20-19-21-9-12(10-22-19)18(26)25-8-7-15-14(11-25)17(24-23-15)13-5-3-4-6-16(13)27-2/h3-6,9-10H,7-8,11H2,1-2H3,(H,23,24)(H,20,21,22). The number of ether oxygens (including phenoxy) is 1. The Hall–Kier alpha value is -3.42. The monoisotopic (exact) mass is 364 g/mol. The van der Waals surface area contributed by atoms with Gasteiger partial charge in [-0.2, -0.15) is 5.10 Å². The van der Waals surface area contributed by atoms with Gasteiger partial charge in [-0.1, -0.05) is 12.1 Å². The fourth-order valence-electron chi connectivity index (χ4n) is 3.28. The van der Waals surface area contributed by atoms with E-state index in [4.69, 9.17) is 4.74 Å². The number of hydrogen-bond acceptors (Lipinski definition) is 6. The first-order valence-corrected chi connectivity index (χ1v) is 8.70. The van der Waals surface area contributed by atoms with E-state index in [-0.39, 0.29) is 5.91 Å². The molecular weight excluding hydrogens is 344 g/mol. The van der Waals surface area contributed by atoms with E-state index in [0.29, 0.717) is 24.6 Å². The average Bonchev–Trinajstić information content (AvgIpc) is 3.16. The molecule has 8 nitrogen and oxygen atoms in total. The number of rotatable bonds is 4. The molecule has 1 aliphatic rings. The van der Waals surface area contributed by atoms with Gasteiger partial charge in [0.25, 0.3) is 5.91 Å². The smallest absolute Gasteiger partial charge is 0.257 e. The summed E-state index contributed by atoms with van der Waals surface area (Å²) < 4.78 is 5.47. The van der Waals surface area contributed by atoms with Gasteiger partial charge < -0.3 is 15.0 Å². The predicted molar refractivity (Wildman–Crippen MR) is 101 cm³/mol. The van der Waals surface area contributed by atoms with Crippen LogP contribution in [0.25, 0.3) is 11.3 Å². The second kappa shape index (κ2) is 7.06. The summed E-state index contributed by atoms with van der Waals surface area (Å²) in [4.78, 5) is 22.9. The number of aromatic amines is 1. The lowest BCUT2D eigenvalue weighted by Gasteiger charge is -2.27. The number of H-pyrrole nitrogens is 1. The van der Waals surface area contributed by atoms with Crippen molar-refractivity contribution >= 4 is 11.9 Å². The number of aromatic nitrogens is 4. The van der Waals surface area contributed by atoms with Crippen LogP contribution < -0.4 is 10.1 Å². The summed E-state index contributed by atoms with van der Waals surface area (Å²) >= 11 is 0. The highest BCUT2D eigenvalue weighted by Gasteiger charge is 2.27. The Labute approximate surface area is 156 Å². The molecule has 3 aromatic rings. The number of fused-ring (bicyclic) bond motifs is 1. The number of amides is 1. The zero-order valence-electron chi connectivity index (χ0n) is 15.2. The van der Waals surface area contributed by atoms with E-state index in [1.165, 1.54) is 0 Å². The van der Waals surface area contributed by atoms with Crippen molar-refractivity contribution in [1.82, 2.24) is 25.1 Å². The average molecular weight is 364 g/mol. The third-order valence-electron chi connectivity index (χ3n) is 4.71. The molecule has 0 spiro atoms. The van der Waals surface area contributed by atoms with Crippen molar-refractivity contribution in [3.8, 4) is 17.0 Å². The molecule has 27 heavy (non-hydrogen) atoms. The third kappa shape index (κ3) is 3.10. The van der Waals surface area contributed by atoms with Crippen LogP contribution in [0.3, 0.4) is 0 Å². The highest BCUT2D eigenvalue weighted by Crippen LogP contribution is 2.34. The zero-order valence-corrected chi connectivity index (χ0v) is 15.2. The third-order valence-corrected chi connectivity index (χ3v) is 4.71. The lowest BCUT2D eigenvalue weighted by molar-refractivity contribution is 0.0734. The Morgan fingerprint density at radius 3 is 2.78 bits per heavy atom. The first-order valence-electron chi connectivity index (χ1n) is 8.70. The number of carbonyl (C=O) groups excluding carboxylic acids is 1. The van der Waals surface area contributed by atoms with Crippen LogP contribution in [0.15, 0.2) is 36.7 Å². The van der Waals surface area contributed by atoms with Crippen molar-refractivity contribution in [1.29, 1.82) is 0 Å². The minimum absolute atomic E-state index is 0.0875. The molecule has 2 N–H and O–H groups in total. The molecular formula is C19H20N6O2. The van der Waals surface area contributed by atoms with Crippen LogP contribution in [-0.4, -0.2) is 51.7 Å². The number of para-hydroxylation sites is 1. The first kappa shape index (κ1) is 17.0. The molecule has 2 aromatic heterocycles. The lowest BCUT2D eigenvalue weighted by Crippen LogP contribution is -2.36. The van der Waals surface area contributed by atoms with E-state index < -0.39 is 0 Å². The Bertz CT molecular complexity index is 967. The van der Waals surface area contributed by atoms with Crippen LogP contribution in [0.2, 0.25) is 0 Å². The molecule has 138 valence electrons. The van der Waals surface area contributed by atoms with Crippen molar-refractivity contribution in [2.24, 2.45) is 0 Å². The van der Waals surface area contributed by atoms with Gasteiger partial charge in [-0.05, 0) is 12.1 Å². The number of anilines is 1. The second-order valence-electron chi connectivity index (χ2n) is 6.25. The fourth-order valence-corrected chi connectivity index (χ4v) is 3.28. The van der Waals surface area contributed by atoms with Gasteiger partial charge in [0.05, 0.1) is 12.7 Å². The second-order valence-corrected chi connectivity index (χ2v) is 6.25. The molecule has 0 saturated heterocycles. The van der Waals surface area contributed by atoms with Gasteiger partial charge in [-0.3, -0.25) is 9.89 Å². The molecule has 4 rings (SSSR count). The topological polar surface area (TPSA) is 96.0 Å². The maximum absolute atomic E-state index is 12.9. The van der Waals surface area contributed by atoms with E-state index in [9.17, 15) is 4.79 Å². The summed E-state index contributed by atoms with van der Waals surface area (Å²) in [5, 5.41) is 10.5. The summed E-state index contributed by atoms with van der Waals surface area (Å²) in [6, 6.07) is 7.75. The summed E-state index contributed by atoms with van der Waals surface area (Å²) in [5.74, 6) is 1.16. The van der Waals surface area contributed by atoms with Gasteiger partial charge in [0.2, 0.25) is 5.95 Å². The van der Waals surface area contributed by atoms with Crippen LogP contribution in [0, 0.1) is 0 Å². The van der Waals surface area contributed by atoms with E-state index in [1.807, 2.05) is 24.3 Å². The maximum atomic E-state index is 12.9. The molecule has 0 bridgehead atoms. The van der Waals surface area contributed by atoms with Crippen LogP contribution >= 0.6 is 0 Å². The highest BCUT2D eigenvalue weighted by atomic mass is 16.5. The van der Waals surface area contributed by atoms with Crippen molar-refractivity contribution in [3.05, 3.63) is 53.5 Å². The summed E-state index contributed by atoms with van der Waals surface area (Å²) in [7, 11) is 3.38. The Morgan fingerprint density at radius 2 is 2.04 bits per heavy atom. The predicted octanol–water partition coefficient (Wildman–Crippen LogP) is 2.12. The molecule has 0 aliphatic carbocycles. The van der Waals surface area contributed by atoms with Gasteiger partial charge in [-0.15, -0.1) is 0 Å². The Balaban J connectivity index is 1.63. The number of methoxy groups -OCH3 is 1. The van der Waals surface area contributed by atoms with Crippen molar-refractivity contribution in [2.75, 3.05) is 26.0 Å². The van der Waals surface area contributed by atoms with E-state index in [1.54, 1.807) is 31.5 Å². The van der Waals surface area contributed by atoms with Gasteiger partial charge >= 0.3 is 0 Å². The number of hydrogen-bond donors (Lipinski definition) is 2. The molecule has 3 heterocycles. The molecule has 0 saturated carbocycles. The zero-order chi connectivity index (χ0) is 18.8. The highest BCUT2D eigenvalue weighted by molar-refractivity contribution is 5.94.